The van der Waals surface area contributed by atoms with Gasteiger partial charge >= 0.3 is 5.69 Å². The van der Waals surface area contributed by atoms with E-state index in [9.17, 15) is 14.4 Å². The Bertz CT molecular complexity index is 991. The van der Waals surface area contributed by atoms with Crippen molar-refractivity contribution in [3.63, 3.8) is 0 Å². The van der Waals surface area contributed by atoms with Gasteiger partial charge < -0.3 is 15.4 Å². The van der Waals surface area contributed by atoms with Gasteiger partial charge in [-0.1, -0.05) is 19.9 Å². The number of benzene rings is 1. The Balaban J connectivity index is 2.60. The zero-order valence-corrected chi connectivity index (χ0v) is 17.7. The van der Waals surface area contributed by atoms with Gasteiger partial charge in [-0.25, -0.2) is 4.79 Å². The summed E-state index contributed by atoms with van der Waals surface area (Å²) >= 11 is 0. The molecule has 0 aliphatic heterocycles. The van der Waals surface area contributed by atoms with Crippen molar-refractivity contribution in [3.05, 3.63) is 55.7 Å². The van der Waals surface area contributed by atoms with Crippen LogP contribution in [-0.2, 0) is 11.3 Å². The molecular weight excluding hydrogens is 372 g/mol. The molecule has 0 saturated carbocycles. The number of nitrogen functional groups attached to an aromatic ring is 1. The molecular formula is C21H30N4O4. The van der Waals surface area contributed by atoms with Crippen LogP contribution in [0.25, 0.3) is 0 Å². The molecule has 0 unspecified atom stereocenters. The minimum atomic E-state index is -0.679. The molecule has 1 heterocycles. The van der Waals surface area contributed by atoms with Gasteiger partial charge in [0.05, 0.1) is 0 Å². The molecule has 158 valence electrons. The number of nitrogens with one attached hydrogen (secondary N) is 1. The number of nitrogens with two attached hydrogens (primary N) is 1. The number of carbonyl (C=O) groups is 1. The fourth-order valence-corrected chi connectivity index (χ4v) is 3.10. The van der Waals surface area contributed by atoms with Crippen LogP contribution in [0.1, 0.15) is 41.8 Å². The number of methoxy groups -OCH3 is 1. The van der Waals surface area contributed by atoms with Crippen LogP contribution in [0, 0.1) is 19.8 Å². The molecule has 29 heavy (non-hydrogen) atoms. The molecule has 1 aromatic heterocycles. The SMILES string of the molecule is COCCCN(C(=O)c1ccc(C)c(C)c1)c1c(N)n(CC(C)C)c(=O)[nH]c1=O. The maximum Gasteiger partial charge on any atom is 0.330 e. The summed E-state index contributed by atoms with van der Waals surface area (Å²) in [6.45, 7) is 8.74. The number of anilines is 2. The van der Waals surface area contributed by atoms with E-state index >= 15 is 0 Å². The highest BCUT2D eigenvalue weighted by molar-refractivity contribution is 6.07. The summed E-state index contributed by atoms with van der Waals surface area (Å²) in [5.74, 6) is -0.232. The normalized spacial score (nSPS) is 11.1. The smallest absolute Gasteiger partial charge is 0.330 e. The monoisotopic (exact) mass is 402 g/mol. The highest BCUT2D eigenvalue weighted by atomic mass is 16.5. The van der Waals surface area contributed by atoms with E-state index in [1.807, 2.05) is 33.8 Å². The Labute approximate surface area is 170 Å². The number of amides is 1. The van der Waals surface area contributed by atoms with E-state index in [0.29, 0.717) is 25.1 Å². The number of carbonyl (C=O) groups excluding carboxylic acids is 1. The number of hydrogen-bond donors (Lipinski definition) is 2. The topological polar surface area (TPSA) is 110 Å². The second kappa shape index (κ2) is 9.56. The third-order valence-corrected chi connectivity index (χ3v) is 4.76. The van der Waals surface area contributed by atoms with E-state index in [-0.39, 0.29) is 29.9 Å². The molecule has 0 radical (unpaired) electrons. The summed E-state index contributed by atoms with van der Waals surface area (Å²) in [6, 6.07) is 5.38. The van der Waals surface area contributed by atoms with Crippen LogP contribution in [0.4, 0.5) is 11.5 Å². The lowest BCUT2D eigenvalue weighted by molar-refractivity contribution is 0.0983. The van der Waals surface area contributed by atoms with E-state index in [1.165, 1.54) is 9.47 Å². The van der Waals surface area contributed by atoms with Gasteiger partial charge in [0, 0.05) is 32.4 Å². The first-order valence-electron chi connectivity index (χ1n) is 9.68. The van der Waals surface area contributed by atoms with Crippen molar-refractivity contribution < 1.29 is 9.53 Å². The van der Waals surface area contributed by atoms with Crippen molar-refractivity contribution in [3.8, 4) is 0 Å². The van der Waals surface area contributed by atoms with E-state index in [2.05, 4.69) is 4.98 Å². The Morgan fingerprint density at radius 3 is 2.52 bits per heavy atom. The van der Waals surface area contributed by atoms with Crippen molar-refractivity contribution in [2.75, 3.05) is 30.9 Å². The molecule has 0 saturated heterocycles. The van der Waals surface area contributed by atoms with Gasteiger partial charge in [0.15, 0.2) is 5.69 Å². The third-order valence-electron chi connectivity index (χ3n) is 4.76. The molecule has 0 spiro atoms. The molecule has 1 amide bonds. The Kier molecular flexibility index (Phi) is 7.39. The predicted molar refractivity (Wildman–Crippen MR) is 115 cm³/mol. The first-order valence-corrected chi connectivity index (χ1v) is 9.68. The largest absolute Gasteiger partial charge is 0.385 e. The molecule has 8 nitrogen and oxygen atoms in total. The van der Waals surface area contributed by atoms with E-state index in [1.54, 1.807) is 19.2 Å². The van der Waals surface area contributed by atoms with Crippen LogP contribution >= 0.6 is 0 Å². The predicted octanol–water partition coefficient (Wildman–Crippen LogP) is 2.07. The first kappa shape index (κ1) is 22.4. The lowest BCUT2D eigenvalue weighted by atomic mass is 10.1. The minimum Gasteiger partial charge on any atom is -0.385 e. The van der Waals surface area contributed by atoms with Crippen LogP contribution in [0.3, 0.4) is 0 Å². The molecule has 0 aliphatic rings. The molecule has 3 N–H and O–H groups in total. The van der Waals surface area contributed by atoms with Crippen LogP contribution in [-0.4, -0.2) is 35.7 Å². The fourth-order valence-electron chi connectivity index (χ4n) is 3.10. The molecule has 0 aliphatic carbocycles. The molecule has 0 bridgehead atoms. The molecule has 2 aromatic rings. The van der Waals surface area contributed by atoms with Crippen LogP contribution < -0.4 is 21.9 Å². The van der Waals surface area contributed by atoms with Crippen molar-refractivity contribution in [2.24, 2.45) is 5.92 Å². The standard InChI is InChI=1S/C21H30N4O4/c1-13(2)12-25-18(22)17(19(26)23-21(25)28)24(9-6-10-29-5)20(27)16-8-7-14(3)15(4)11-16/h7-8,11,13H,6,9-10,12,22H2,1-5H3,(H,23,26,28). The quantitative estimate of drug-likeness (QED) is 0.657. The summed E-state index contributed by atoms with van der Waals surface area (Å²) in [7, 11) is 1.57. The zero-order valence-electron chi connectivity index (χ0n) is 17.7. The second-order valence-corrected chi connectivity index (χ2v) is 7.60. The van der Waals surface area contributed by atoms with Crippen molar-refractivity contribution in [1.82, 2.24) is 9.55 Å². The second-order valence-electron chi connectivity index (χ2n) is 7.60. The lowest BCUT2D eigenvalue weighted by Crippen LogP contribution is -2.42. The van der Waals surface area contributed by atoms with Gasteiger partial charge in [-0.05, 0) is 49.4 Å². The molecule has 0 fully saturated rings. The van der Waals surface area contributed by atoms with Crippen molar-refractivity contribution in [2.45, 2.75) is 40.7 Å². The zero-order chi connectivity index (χ0) is 21.7. The van der Waals surface area contributed by atoms with Crippen molar-refractivity contribution in [1.29, 1.82) is 0 Å². The summed E-state index contributed by atoms with van der Waals surface area (Å²) in [5, 5.41) is 0. The molecule has 0 atom stereocenters. The van der Waals surface area contributed by atoms with Crippen LogP contribution in [0.15, 0.2) is 27.8 Å². The lowest BCUT2D eigenvalue weighted by Gasteiger charge is -2.25. The first-order chi connectivity index (χ1) is 13.7. The minimum absolute atomic E-state index is 0.00965. The number of ether oxygens (including phenoxy) is 1. The highest BCUT2D eigenvalue weighted by Crippen LogP contribution is 2.21. The van der Waals surface area contributed by atoms with Gasteiger partial charge in [-0.15, -0.1) is 0 Å². The van der Waals surface area contributed by atoms with E-state index < -0.39 is 11.2 Å². The molecule has 8 heteroatoms. The van der Waals surface area contributed by atoms with Gasteiger partial charge in [0.1, 0.15) is 5.82 Å². The average molecular weight is 402 g/mol. The number of rotatable bonds is 8. The summed E-state index contributed by atoms with van der Waals surface area (Å²) in [4.78, 5) is 41.9. The number of nitrogens with zero attached hydrogens (tertiary/aromatic N) is 2. The van der Waals surface area contributed by atoms with Gasteiger partial charge in [0.2, 0.25) is 0 Å². The molecule has 2 rings (SSSR count). The maximum atomic E-state index is 13.3. The number of aryl methyl sites for hydroxylation is 2. The molecule has 1 aromatic carbocycles. The number of H-pyrrole nitrogens is 1. The average Bonchev–Trinajstić information content (AvgIpc) is 2.65. The number of aromatic nitrogens is 2. The number of hydrogen-bond acceptors (Lipinski definition) is 5. The number of aromatic amines is 1. The summed E-state index contributed by atoms with van der Waals surface area (Å²) < 4.78 is 6.40. The van der Waals surface area contributed by atoms with Crippen LogP contribution in [0.2, 0.25) is 0 Å². The highest BCUT2D eigenvalue weighted by Gasteiger charge is 2.25. The van der Waals surface area contributed by atoms with E-state index in [0.717, 1.165) is 11.1 Å². The van der Waals surface area contributed by atoms with E-state index in [4.69, 9.17) is 10.5 Å². The van der Waals surface area contributed by atoms with Gasteiger partial charge in [0.25, 0.3) is 11.5 Å². The van der Waals surface area contributed by atoms with Crippen molar-refractivity contribution >= 4 is 17.4 Å². The van der Waals surface area contributed by atoms with Gasteiger partial charge in [-0.3, -0.25) is 19.1 Å². The summed E-state index contributed by atoms with van der Waals surface area (Å²) in [5.41, 5.74) is 7.44. The van der Waals surface area contributed by atoms with Crippen LogP contribution in [0.5, 0.6) is 0 Å². The Hall–Kier alpha value is -2.87. The summed E-state index contributed by atoms with van der Waals surface area (Å²) in [6.07, 6.45) is 0.509. The van der Waals surface area contributed by atoms with Gasteiger partial charge in [-0.2, -0.15) is 0 Å². The third kappa shape index (κ3) is 5.14. The Morgan fingerprint density at radius 1 is 1.24 bits per heavy atom. The maximum absolute atomic E-state index is 13.3. The fraction of sp³-hybridized carbons (Fsp3) is 0.476. The Morgan fingerprint density at radius 2 is 1.93 bits per heavy atom.